The Morgan fingerprint density at radius 1 is 1.20 bits per heavy atom. The van der Waals surface area contributed by atoms with Gasteiger partial charge in [-0.25, -0.2) is 0 Å². The van der Waals surface area contributed by atoms with Gasteiger partial charge in [0.25, 0.3) is 5.91 Å². The van der Waals surface area contributed by atoms with Crippen LogP contribution < -0.4 is 14.7 Å². The molecule has 2 aromatic rings. The van der Waals surface area contributed by atoms with E-state index in [0.29, 0.717) is 17.9 Å². The van der Waals surface area contributed by atoms with E-state index >= 15 is 0 Å². The number of benzene rings is 1. The van der Waals surface area contributed by atoms with Crippen LogP contribution in [0, 0.1) is 0 Å². The maximum atomic E-state index is 13.3. The molecule has 1 unspecified atom stereocenters. The normalized spacial score (nSPS) is 18.6. The van der Waals surface area contributed by atoms with E-state index in [1.54, 1.807) is 29.2 Å². The zero-order valence-electron chi connectivity index (χ0n) is 17.8. The van der Waals surface area contributed by atoms with Gasteiger partial charge in [-0.3, -0.25) is 9.59 Å². The molecule has 0 bridgehead atoms. The van der Waals surface area contributed by atoms with Crippen molar-refractivity contribution in [1.29, 1.82) is 0 Å². The van der Waals surface area contributed by atoms with Gasteiger partial charge >= 0.3 is 0 Å². The Morgan fingerprint density at radius 3 is 2.47 bits per heavy atom. The fourth-order valence-electron chi connectivity index (χ4n) is 3.56. The number of hydrogen-bond acceptors (Lipinski definition) is 5. The molecule has 6 nitrogen and oxygen atoms in total. The third-order valence-corrected chi connectivity index (χ3v) is 5.83. The zero-order chi connectivity index (χ0) is 21.8. The van der Waals surface area contributed by atoms with Crippen molar-refractivity contribution < 1.29 is 24.3 Å². The van der Waals surface area contributed by atoms with Gasteiger partial charge in [0.05, 0.1) is 32.8 Å². The van der Waals surface area contributed by atoms with Gasteiger partial charge in [-0.1, -0.05) is 24.0 Å². The number of carbonyl (C=O) groups excluding carboxylic acids is 2. The number of hydrogen-bond donors (Lipinski definition) is 1. The van der Waals surface area contributed by atoms with Crippen LogP contribution in [0.15, 0.2) is 47.4 Å². The van der Waals surface area contributed by atoms with Crippen LogP contribution in [0.5, 0.6) is 5.75 Å². The lowest BCUT2D eigenvalue weighted by molar-refractivity contribution is -0.858. The van der Waals surface area contributed by atoms with E-state index in [1.165, 1.54) is 16.2 Å². The Hall–Kier alpha value is -2.64. The topological polar surface area (TPSA) is 74.1 Å². The lowest BCUT2D eigenvalue weighted by Crippen LogP contribution is -3.05. The molecule has 7 heteroatoms. The predicted molar refractivity (Wildman–Crippen MR) is 115 cm³/mol. The first-order chi connectivity index (χ1) is 14.3. The lowest BCUT2D eigenvalue weighted by atomic mass is 10.00. The number of ether oxygens (including phenoxy) is 1. The first-order valence-electron chi connectivity index (χ1n) is 10.2. The number of rotatable bonds is 8. The number of nitrogens with one attached hydrogen (secondary N) is 1. The molecule has 0 saturated carbocycles. The van der Waals surface area contributed by atoms with Crippen LogP contribution in [0.4, 0.5) is 0 Å². The summed E-state index contributed by atoms with van der Waals surface area (Å²) < 4.78 is 5.63. The number of thiophene rings is 1. The molecule has 0 radical (unpaired) electrons. The van der Waals surface area contributed by atoms with Gasteiger partial charge in [-0.15, -0.1) is 11.3 Å². The number of likely N-dealkylation sites (tertiary alicyclic amines) is 1. The Labute approximate surface area is 181 Å². The monoisotopic (exact) mass is 428 g/mol. The summed E-state index contributed by atoms with van der Waals surface area (Å²) in [6, 6.07) is 9.84. The second-order valence-electron chi connectivity index (χ2n) is 7.99. The fraction of sp³-hybridized carbons (Fsp3) is 0.391. The maximum Gasteiger partial charge on any atom is 0.295 e. The molecule has 1 aliphatic heterocycles. The Balaban J connectivity index is 1.97. The van der Waals surface area contributed by atoms with E-state index < -0.39 is 23.5 Å². The molecule has 0 spiro atoms. The number of carbonyl (C=O) groups is 2. The number of nitrogens with zero attached hydrogens (tertiary/aromatic N) is 1. The second-order valence-corrected chi connectivity index (χ2v) is 8.97. The molecule has 1 aromatic heterocycles. The van der Waals surface area contributed by atoms with Crippen LogP contribution in [-0.2, 0) is 9.59 Å². The van der Waals surface area contributed by atoms with Gasteiger partial charge in [0.15, 0.2) is 0 Å². The van der Waals surface area contributed by atoms with Crippen LogP contribution in [0.3, 0.4) is 0 Å². The first-order valence-corrected chi connectivity index (χ1v) is 11.0. The fourth-order valence-corrected chi connectivity index (χ4v) is 4.40. The largest absolute Gasteiger partial charge is 0.872 e. The molecule has 1 atom stereocenters. The molecule has 3 rings (SSSR count). The highest BCUT2D eigenvalue weighted by atomic mass is 32.1. The van der Waals surface area contributed by atoms with E-state index in [4.69, 9.17) is 4.74 Å². The van der Waals surface area contributed by atoms with E-state index in [-0.39, 0.29) is 11.7 Å². The molecular weight excluding hydrogens is 400 g/mol. The number of Topliss-reactive ketones (excluding diaryl/α,β-unsaturated/α-hetero) is 1. The molecule has 1 N–H and O–H groups in total. The van der Waals surface area contributed by atoms with Crippen molar-refractivity contribution in [1.82, 2.24) is 4.90 Å². The summed E-state index contributed by atoms with van der Waals surface area (Å²) in [4.78, 5) is 29.3. The summed E-state index contributed by atoms with van der Waals surface area (Å²) in [7, 11) is 4.09. The lowest BCUT2D eigenvalue weighted by Gasteiger charge is -2.26. The van der Waals surface area contributed by atoms with Crippen LogP contribution in [-0.4, -0.2) is 49.9 Å². The summed E-state index contributed by atoms with van der Waals surface area (Å²) in [5.74, 6) is -1.03. The zero-order valence-corrected chi connectivity index (χ0v) is 18.6. The molecule has 2 heterocycles. The summed E-state index contributed by atoms with van der Waals surface area (Å²) in [5.41, 5.74) is 0.417. The van der Waals surface area contributed by atoms with Gasteiger partial charge in [-0.2, -0.15) is 0 Å². The van der Waals surface area contributed by atoms with Gasteiger partial charge < -0.3 is 19.6 Å². The van der Waals surface area contributed by atoms with Gasteiger partial charge in [0.1, 0.15) is 5.75 Å². The molecule has 1 fully saturated rings. The Morgan fingerprint density at radius 2 is 1.90 bits per heavy atom. The highest BCUT2D eigenvalue weighted by molar-refractivity contribution is 7.10. The number of amides is 1. The van der Waals surface area contributed by atoms with E-state index in [2.05, 4.69) is 0 Å². The Kier molecular flexibility index (Phi) is 6.95. The molecule has 30 heavy (non-hydrogen) atoms. The first kappa shape index (κ1) is 22.1. The van der Waals surface area contributed by atoms with Crippen molar-refractivity contribution in [2.45, 2.75) is 32.4 Å². The van der Waals surface area contributed by atoms with Crippen LogP contribution in [0.25, 0.3) is 5.76 Å². The summed E-state index contributed by atoms with van der Waals surface area (Å²) in [6.45, 7) is 5.16. The highest BCUT2D eigenvalue weighted by Crippen LogP contribution is 2.40. The third kappa shape index (κ3) is 4.74. The van der Waals surface area contributed by atoms with Crippen LogP contribution >= 0.6 is 11.3 Å². The molecule has 160 valence electrons. The SMILES string of the molecule is CC(C)Oc1ccc(/C([O-])=C2\C(=O)C(=O)N(CCC[NH+](C)C)C2c2cccs2)cc1. The highest BCUT2D eigenvalue weighted by Gasteiger charge is 2.44. The molecule has 1 aliphatic rings. The second kappa shape index (κ2) is 9.45. The van der Waals surface area contributed by atoms with Crippen molar-refractivity contribution in [3.63, 3.8) is 0 Å². The summed E-state index contributed by atoms with van der Waals surface area (Å²) in [6.07, 6.45) is 0.780. The summed E-state index contributed by atoms with van der Waals surface area (Å²) >= 11 is 1.45. The molecule has 1 aromatic carbocycles. The van der Waals surface area contributed by atoms with Gasteiger partial charge in [0.2, 0.25) is 5.78 Å². The minimum absolute atomic E-state index is 0.0238. The van der Waals surface area contributed by atoms with E-state index in [0.717, 1.165) is 17.8 Å². The number of ketones is 1. The van der Waals surface area contributed by atoms with Crippen molar-refractivity contribution in [2.24, 2.45) is 0 Å². The third-order valence-electron chi connectivity index (χ3n) is 4.91. The van der Waals surface area contributed by atoms with E-state index in [9.17, 15) is 14.7 Å². The number of quaternary nitrogens is 1. The smallest absolute Gasteiger partial charge is 0.295 e. The van der Waals surface area contributed by atoms with Crippen LogP contribution in [0.2, 0.25) is 0 Å². The molecular formula is C23H28N2O4S. The van der Waals surface area contributed by atoms with Crippen molar-refractivity contribution in [3.05, 3.63) is 57.8 Å². The minimum atomic E-state index is -0.696. The van der Waals surface area contributed by atoms with Gasteiger partial charge in [0, 0.05) is 23.4 Å². The Bertz CT molecular complexity index is 917. The molecule has 0 aliphatic carbocycles. The van der Waals surface area contributed by atoms with Gasteiger partial charge in [-0.05, 0) is 43.0 Å². The average Bonchev–Trinajstić information content (AvgIpc) is 3.30. The van der Waals surface area contributed by atoms with Crippen molar-refractivity contribution >= 4 is 28.8 Å². The van der Waals surface area contributed by atoms with Crippen LogP contribution in [0.1, 0.15) is 36.8 Å². The minimum Gasteiger partial charge on any atom is -0.872 e. The quantitative estimate of drug-likeness (QED) is 0.391. The predicted octanol–water partition coefficient (Wildman–Crippen LogP) is 1.29. The average molecular weight is 429 g/mol. The van der Waals surface area contributed by atoms with E-state index in [1.807, 2.05) is 45.5 Å². The molecule has 1 saturated heterocycles. The standard InChI is InChI=1S/C23H28N2O4S/c1-15(2)29-17-10-8-16(9-11-17)21(26)19-20(18-7-5-14-30-18)25(23(28)22(19)27)13-6-12-24(3)4/h5,7-11,14-15,20,26H,6,12-13H2,1-4H3/b21-19+. The van der Waals surface area contributed by atoms with Crippen molar-refractivity contribution in [2.75, 3.05) is 27.2 Å². The summed E-state index contributed by atoms with van der Waals surface area (Å²) in [5, 5.41) is 15.2. The maximum absolute atomic E-state index is 13.3. The molecule has 1 amide bonds. The van der Waals surface area contributed by atoms with Crippen molar-refractivity contribution in [3.8, 4) is 5.75 Å².